The van der Waals surface area contributed by atoms with Crippen molar-refractivity contribution >= 4 is 22.6 Å². The summed E-state index contributed by atoms with van der Waals surface area (Å²) < 4.78 is 51.6. The van der Waals surface area contributed by atoms with E-state index in [2.05, 4.69) is 4.98 Å². The molecule has 0 aliphatic carbocycles. The van der Waals surface area contributed by atoms with Crippen LogP contribution in [0.2, 0.25) is 0 Å². The first-order valence-electron chi connectivity index (χ1n) is 5.64. The summed E-state index contributed by atoms with van der Waals surface area (Å²) in [5, 5.41) is 0. The van der Waals surface area contributed by atoms with Crippen molar-refractivity contribution in [3.63, 3.8) is 0 Å². The highest BCUT2D eigenvalue weighted by molar-refractivity contribution is 6.17. The van der Waals surface area contributed by atoms with Gasteiger partial charge in [0.25, 0.3) is 12.9 Å². The Hall–Kier alpha value is -1.30. The molecule has 0 unspecified atom stereocenters. The van der Waals surface area contributed by atoms with Gasteiger partial charge in [-0.15, -0.1) is 11.6 Å². The molecular weight excluding hydrogens is 284 g/mol. The number of hydrogen-bond donors (Lipinski definition) is 0. The average Bonchev–Trinajstić information content (AvgIpc) is 2.66. The van der Waals surface area contributed by atoms with Gasteiger partial charge >= 0.3 is 0 Å². The largest absolute Gasteiger partial charge is 0.322 e. The fraction of sp³-hybridized carbons (Fsp3) is 0.417. The molecule has 104 valence electrons. The molecule has 1 heterocycles. The second-order valence-electron chi connectivity index (χ2n) is 4.02. The standard InChI is InChI=1S/C12H11ClF4N2/c13-4-3-11-18-8-5-7(12(16)17)1-2-9(8)19(11)6-10(14)15/h1-2,5,10,12H,3-4,6H2. The molecule has 0 radical (unpaired) electrons. The highest BCUT2D eigenvalue weighted by Crippen LogP contribution is 2.25. The lowest BCUT2D eigenvalue weighted by Crippen LogP contribution is -2.10. The van der Waals surface area contributed by atoms with E-state index in [1.807, 2.05) is 0 Å². The van der Waals surface area contributed by atoms with Gasteiger partial charge < -0.3 is 4.57 Å². The molecule has 2 rings (SSSR count). The van der Waals surface area contributed by atoms with Crippen molar-refractivity contribution in [3.05, 3.63) is 29.6 Å². The number of benzene rings is 1. The summed E-state index contributed by atoms with van der Waals surface area (Å²) in [6.45, 7) is -0.517. The zero-order valence-corrected chi connectivity index (χ0v) is 10.5. The van der Waals surface area contributed by atoms with Gasteiger partial charge in [-0.25, -0.2) is 22.5 Å². The summed E-state index contributed by atoms with van der Waals surface area (Å²) in [6, 6.07) is 3.84. The van der Waals surface area contributed by atoms with Crippen LogP contribution >= 0.6 is 11.6 Å². The highest BCUT2D eigenvalue weighted by Gasteiger charge is 2.16. The molecule has 19 heavy (non-hydrogen) atoms. The smallest absolute Gasteiger partial charge is 0.263 e. The lowest BCUT2D eigenvalue weighted by molar-refractivity contribution is 0.127. The lowest BCUT2D eigenvalue weighted by atomic mass is 10.2. The number of hydrogen-bond acceptors (Lipinski definition) is 1. The van der Waals surface area contributed by atoms with E-state index in [9.17, 15) is 17.6 Å². The number of imidazole rings is 1. The van der Waals surface area contributed by atoms with Gasteiger partial charge in [0.2, 0.25) is 0 Å². The van der Waals surface area contributed by atoms with E-state index in [1.54, 1.807) is 0 Å². The predicted octanol–water partition coefficient (Wildman–Crippen LogP) is 4.02. The Labute approximate surface area is 112 Å². The van der Waals surface area contributed by atoms with Crippen molar-refractivity contribution in [1.29, 1.82) is 0 Å². The molecule has 2 nitrogen and oxygen atoms in total. The van der Waals surface area contributed by atoms with Crippen LogP contribution in [0.1, 0.15) is 17.8 Å². The fourth-order valence-electron chi connectivity index (χ4n) is 1.95. The van der Waals surface area contributed by atoms with Gasteiger partial charge in [0, 0.05) is 17.9 Å². The molecule has 0 saturated heterocycles. The Bertz CT molecular complexity index is 568. The van der Waals surface area contributed by atoms with Gasteiger partial charge in [-0.1, -0.05) is 6.07 Å². The maximum atomic E-state index is 12.6. The van der Waals surface area contributed by atoms with Crippen LogP contribution in [0.4, 0.5) is 17.6 Å². The number of halogens is 5. The second-order valence-corrected chi connectivity index (χ2v) is 4.40. The molecule has 0 bridgehead atoms. The minimum absolute atomic E-state index is 0.174. The first-order valence-corrected chi connectivity index (χ1v) is 6.17. The Morgan fingerprint density at radius 1 is 1.21 bits per heavy atom. The Morgan fingerprint density at radius 2 is 1.95 bits per heavy atom. The number of rotatable bonds is 5. The SMILES string of the molecule is FC(F)Cn1c(CCCl)nc2cc(C(F)F)ccc21. The Morgan fingerprint density at radius 3 is 2.53 bits per heavy atom. The summed E-state index contributed by atoms with van der Waals surface area (Å²) in [5.41, 5.74) is 0.537. The highest BCUT2D eigenvalue weighted by atomic mass is 35.5. The number of alkyl halides is 5. The van der Waals surface area contributed by atoms with Crippen LogP contribution in [0, 0.1) is 0 Å². The van der Waals surface area contributed by atoms with Gasteiger partial charge in [0.15, 0.2) is 0 Å². The molecule has 0 atom stereocenters. The molecule has 0 aliphatic rings. The van der Waals surface area contributed by atoms with Gasteiger partial charge in [-0.05, 0) is 12.1 Å². The maximum Gasteiger partial charge on any atom is 0.263 e. The Kier molecular flexibility index (Phi) is 4.29. The molecule has 7 heteroatoms. The first kappa shape index (κ1) is 14.1. The van der Waals surface area contributed by atoms with Crippen molar-refractivity contribution in [2.24, 2.45) is 0 Å². The van der Waals surface area contributed by atoms with E-state index in [1.165, 1.54) is 22.8 Å². The minimum atomic E-state index is -2.61. The van der Waals surface area contributed by atoms with Crippen molar-refractivity contribution in [3.8, 4) is 0 Å². The molecule has 0 aliphatic heterocycles. The van der Waals surface area contributed by atoms with Gasteiger partial charge in [-0.2, -0.15) is 0 Å². The fourth-order valence-corrected chi connectivity index (χ4v) is 2.12. The number of nitrogens with zero attached hydrogens (tertiary/aromatic N) is 2. The molecule has 0 amide bonds. The zero-order chi connectivity index (χ0) is 14.0. The molecule has 0 saturated carbocycles. The number of fused-ring (bicyclic) bond motifs is 1. The average molecular weight is 295 g/mol. The van der Waals surface area contributed by atoms with Crippen molar-refractivity contribution in [2.75, 3.05) is 5.88 Å². The van der Waals surface area contributed by atoms with Crippen molar-refractivity contribution in [2.45, 2.75) is 25.8 Å². The minimum Gasteiger partial charge on any atom is -0.322 e. The van der Waals surface area contributed by atoms with E-state index in [-0.39, 0.29) is 11.4 Å². The number of aromatic nitrogens is 2. The first-order chi connectivity index (χ1) is 9.02. The zero-order valence-electron chi connectivity index (χ0n) is 9.79. The van der Waals surface area contributed by atoms with E-state index >= 15 is 0 Å². The predicted molar refractivity (Wildman–Crippen MR) is 65.1 cm³/mol. The summed E-state index contributed by atoms with van der Waals surface area (Å²) >= 11 is 5.59. The molecular formula is C12H11ClF4N2. The summed E-state index contributed by atoms with van der Waals surface area (Å²) in [7, 11) is 0. The second kappa shape index (κ2) is 5.77. The van der Waals surface area contributed by atoms with Crippen molar-refractivity contribution < 1.29 is 17.6 Å². The van der Waals surface area contributed by atoms with Gasteiger partial charge in [0.05, 0.1) is 17.6 Å². The lowest BCUT2D eigenvalue weighted by Gasteiger charge is -2.07. The van der Waals surface area contributed by atoms with Gasteiger partial charge in [0.1, 0.15) is 5.82 Å². The van der Waals surface area contributed by atoms with E-state index < -0.39 is 19.4 Å². The summed E-state index contributed by atoms with van der Waals surface area (Å²) in [4.78, 5) is 4.11. The van der Waals surface area contributed by atoms with E-state index in [4.69, 9.17) is 11.6 Å². The third-order valence-corrected chi connectivity index (χ3v) is 2.93. The van der Waals surface area contributed by atoms with Crippen molar-refractivity contribution in [1.82, 2.24) is 9.55 Å². The molecule has 0 N–H and O–H groups in total. The Balaban J connectivity index is 2.52. The third-order valence-electron chi connectivity index (χ3n) is 2.74. The monoisotopic (exact) mass is 294 g/mol. The van der Waals surface area contributed by atoms with Crippen LogP contribution in [-0.2, 0) is 13.0 Å². The van der Waals surface area contributed by atoms with Crippen LogP contribution in [0.5, 0.6) is 0 Å². The van der Waals surface area contributed by atoms with Crippen LogP contribution in [0.15, 0.2) is 18.2 Å². The van der Waals surface area contributed by atoms with Gasteiger partial charge in [-0.3, -0.25) is 0 Å². The topological polar surface area (TPSA) is 17.8 Å². The quantitative estimate of drug-likeness (QED) is 0.601. The van der Waals surface area contributed by atoms with Crippen LogP contribution in [-0.4, -0.2) is 21.9 Å². The molecule has 1 aromatic carbocycles. The van der Waals surface area contributed by atoms with E-state index in [0.717, 1.165) is 0 Å². The normalized spacial score (nSPS) is 11.9. The third kappa shape index (κ3) is 3.00. The molecule has 1 aromatic heterocycles. The summed E-state index contributed by atoms with van der Waals surface area (Å²) in [6.07, 6.45) is -4.84. The van der Waals surface area contributed by atoms with E-state index in [0.29, 0.717) is 23.3 Å². The summed E-state index contributed by atoms with van der Waals surface area (Å²) in [5.74, 6) is 0.616. The number of aryl methyl sites for hydroxylation is 1. The van der Waals surface area contributed by atoms with Crippen LogP contribution in [0.3, 0.4) is 0 Å². The molecule has 0 fully saturated rings. The van der Waals surface area contributed by atoms with Crippen LogP contribution < -0.4 is 0 Å². The maximum absolute atomic E-state index is 12.6. The molecule has 2 aromatic rings. The molecule has 0 spiro atoms. The van der Waals surface area contributed by atoms with Crippen LogP contribution in [0.25, 0.3) is 11.0 Å².